The largest absolute Gasteiger partial charge is 3.00 e. The van der Waals surface area contributed by atoms with Crippen LogP contribution in [-0.4, -0.2) is 0 Å². The number of hydrogen-bond acceptors (Lipinski definition) is 0. The van der Waals surface area contributed by atoms with E-state index in [-0.39, 0.29) is 98.1 Å². The minimum absolute atomic E-state index is 0. The maximum Gasteiger partial charge on any atom is 3.00 e. The Morgan fingerprint density at radius 2 is 1.78 bits per heavy atom. The third kappa shape index (κ3) is 15.6. The molecule has 1 nitrogen and oxygen atoms in total. The molecule has 86 valence electrons. The van der Waals surface area contributed by atoms with Crippen LogP contribution in [0.15, 0.2) is 36.4 Å². The fourth-order valence-electron chi connectivity index (χ4n) is 0.864. The molecule has 0 aliphatic rings. The van der Waals surface area contributed by atoms with Crippen LogP contribution in [0.3, 0.4) is 0 Å². The van der Waals surface area contributed by atoms with Gasteiger partial charge in [0.15, 0.2) is 0 Å². The third-order valence-electron chi connectivity index (χ3n) is 1.48. The Bertz CT molecular complexity index is 330. The van der Waals surface area contributed by atoms with Crippen LogP contribution in [0.25, 0.3) is 11.8 Å². The van der Waals surface area contributed by atoms with Gasteiger partial charge in [-0.25, -0.2) is 6.92 Å². The molecule has 0 aliphatic carbocycles. The van der Waals surface area contributed by atoms with Gasteiger partial charge < -0.3 is 31.0 Å². The fraction of sp³-hybridized carbons (Fsp3) is 0.0714. The van der Waals surface area contributed by atoms with Gasteiger partial charge in [0, 0.05) is 65.4 Å². The van der Waals surface area contributed by atoms with Gasteiger partial charge in [-0.2, -0.15) is 23.3 Å². The van der Waals surface area contributed by atoms with Gasteiger partial charge >= 0.3 is 32.7 Å². The van der Waals surface area contributed by atoms with E-state index in [9.17, 15) is 0 Å². The summed E-state index contributed by atoms with van der Waals surface area (Å²) in [5.41, 5.74) is 9.01. The van der Waals surface area contributed by atoms with Crippen LogP contribution in [0.5, 0.6) is 0 Å². The predicted octanol–water partition coefficient (Wildman–Crippen LogP) is 3.84. The Labute approximate surface area is 187 Å². The minimum atomic E-state index is 0. The fourth-order valence-corrected chi connectivity index (χ4v) is 0.864. The molecule has 1 rings (SSSR count). The number of nitrogens with one attached hydrogen (secondary N) is 1. The molecule has 0 aromatic heterocycles. The molecule has 1 N–H and O–H groups in total. The Hall–Kier alpha value is 1.58. The van der Waals surface area contributed by atoms with E-state index < -0.39 is 0 Å². The molecule has 1 aromatic carbocycles. The van der Waals surface area contributed by atoms with Crippen molar-refractivity contribution >= 4 is 6.08 Å². The zero-order valence-electron chi connectivity index (χ0n) is 10.3. The normalized spacial score (nSPS) is 7.61. The summed E-state index contributed by atoms with van der Waals surface area (Å²) in [7, 11) is 0. The van der Waals surface area contributed by atoms with Crippen molar-refractivity contribution in [3.8, 4) is 0 Å². The van der Waals surface area contributed by atoms with E-state index in [2.05, 4.69) is 13.0 Å². The first-order valence-electron chi connectivity index (χ1n) is 4.48. The smallest absolute Gasteiger partial charge is 0.675 e. The predicted molar refractivity (Wildman–Crippen MR) is 65.4 cm³/mol. The molecule has 18 heavy (non-hydrogen) atoms. The number of allylic oxidation sites excluding steroid dienone is 3. The van der Waals surface area contributed by atoms with Crippen molar-refractivity contribution in [3.05, 3.63) is 79.4 Å². The minimum Gasteiger partial charge on any atom is -0.675 e. The molecule has 0 aliphatic heterocycles. The van der Waals surface area contributed by atoms with Crippen LogP contribution in [0.1, 0.15) is 11.1 Å². The molecule has 4 heteroatoms. The average Bonchev–Trinajstić information content (AvgIpc) is 2.30. The Morgan fingerprint density at radius 3 is 2.17 bits per heavy atom. The SMILES string of the molecule is [CH-]=CC=[CH-].[CH2-]C=Cc1[c-]c(C[NH-])ccc1.[Y+3].[Y].[Y]. The second kappa shape index (κ2) is 20.9. The van der Waals surface area contributed by atoms with Gasteiger partial charge in [0.1, 0.15) is 0 Å². The van der Waals surface area contributed by atoms with Crippen LogP contribution in [0, 0.1) is 26.1 Å². The average molecular weight is 463 g/mol. The topological polar surface area (TPSA) is 23.8 Å². The van der Waals surface area contributed by atoms with Gasteiger partial charge in [0.25, 0.3) is 0 Å². The molecule has 0 saturated carbocycles. The third-order valence-corrected chi connectivity index (χ3v) is 1.48. The molecule has 0 fully saturated rings. The molecular formula is C14H14NY3-2. The van der Waals surface area contributed by atoms with Crippen molar-refractivity contribution < 1.29 is 98.1 Å². The van der Waals surface area contributed by atoms with Crippen molar-refractivity contribution in [2.45, 2.75) is 6.54 Å². The summed E-state index contributed by atoms with van der Waals surface area (Å²) in [6.45, 7) is 13.3. The molecule has 0 spiro atoms. The number of hydrogen-bond donors (Lipinski definition) is 0. The van der Waals surface area contributed by atoms with Crippen molar-refractivity contribution in [2.24, 2.45) is 0 Å². The van der Waals surface area contributed by atoms with Crippen LogP contribution >= 0.6 is 0 Å². The van der Waals surface area contributed by atoms with Crippen LogP contribution in [0.4, 0.5) is 0 Å². The van der Waals surface area contributed by atoms with E-state index in [4.69, 9.17) is 18.9 Å². The van der Waals surface area contributed by atoms with Crippen LogP contribution < -0.4 is 0 Å². The van der Waals surface area contributed by atoms with Gasteiger partial charge in [0.2, 0.25) is 0 Å². The molecule has 0 saturated heterocycles. The molecule has 1 aromatic rings. The summed E-state index contributed by atoms with van der Waals surface area (Å²) in [5, 5.41) is 0. The van der Waals surface area contributed by atoms with Crippen molar-refractivity contribution in [1.29, 1.82) is 0 Å². The van der Waals surface area contributed by atoms with Gasteiger partial charge in [0.05, 0.1) is 0 Å². The molecular weight excluding hydrogens is 449 g/mol. The quantitative estimate of drug-likeness (QED) is 0.481. The number of benzene rings is 1. The maximum atomic E-state index is 7.10. The van der Waals surface area contributed by atoms with E-state index in [0.29, 0.717) is 6.54 Å². The molecule has 0 amide bonds. The summed E-state index contributed by atoms with van der Waals surface area (Å²) in [4.78, 5) is 0. The van der Waals surface area contributed by atoms with Crippen molar-refractivity contribution in [2.75, 3.05) is 0 Å². The molecule has 0 heterocycles. The van der Waals surface area contributed by atoms with Crippen molar-refractivity contribution in [1.82, 2.24) is 0 Å². The van der Waals surface area contributed by atoms with Crippen LogP contribution in [0.2, 0.25) is 0 Å². The van der Waals surface area contributed by atoms with Gasteiger partial charge in [-0.1, -0.05) is 0 Å². The summed E-state index contributed by atoms with van der Waals surface area (Å²) < 4.78 is 0. The summed E-state index contributed by atoms with van der Waals surface area (Å²) in [6.07, 6.45) is 6.15. The van der Waals surface area contributed by atoms with E-state index in [1.807, 2.05) is 24.3 Å². The Kier molecular flexibility index (Phi) is 32.3. The summed E-state index contributed by atoms with van der Waals surface area (Å²) in [5.74, 6) is 0. The first-order valence-corrected chi connectivity index (χ1v) is 4.48. The van der Waals surface area contributed by atoms with E-state index >= 15 is 0 Å². The van der Waals surface area contributed by atoms with Crippen LogP contribution in [-0.2, 0) is 105 Å². The van der Waals surface area contributed by atoms with Crippen molar-refractivity contribution in [3.63, 3.8) is 0 Å². The van der Waals surface area contributed by atoms with Gasteiger partial charge in [-0.3, -0.25) is 0 Å². The maximum absolute atomic E-state index is 7.10. The Balaban J connectivity index is -0.000000125. The zero-order valence-corrected chi connectivity index (χ0v) is 18.9. The molecule has 0 atom stereocenters. The van der Waals surface area contributed by atoms with Gasteiger partial charge in [-0.05, 0) is 0 Å². The first kappa shape index (κ1) is 27.8. The Morgan fingerprint density at radius 1 is 1.22 bits per heavy atom. The molecule has 0 unspecified atom stereocenters. The van der Waals surface area contributed by atoms with Gasteiger partial charge in [-0.15, -0.1) is 30.8 Å². The molecule has 0 bridgehead atoms. The molecule has 2 radical (unpaired) electrons. The second-order valence-electron chi connectivity index (χ2n) is 2.60. The zero-order chi connectivity index (χ0) is 11.5. The van der Waals surface area contributed by atoms with E-state index in [0.717, 1.165) is 11.1 Å². The first-order chi connectivity index (χ1) is 7.28. The van der Waals surface area contributed by atoms with E-state index in [1.54, 1.807) is 6.08 Å². The summed E-state index contributed by atoms with van der Waals surface area (Å²) in [6, 6.07) is 8.85. The summed E-state index contributed by atoms with van der Waals surface area (Å²) >= 11 is 0. The van der Waals surface area contributed by atoms with E-state index in [1.165, 1.54) is 12.2 Å². The number of rotatable bonds is 3. The second-order valence-corrected chi connectivity index (χ2v) is 2.60. The standard InChI is InChI=1S/C10H10N.C4H4.3Y/c1-2-4-9-5-3-6-10(7-9)8-11;1-3-4-2;;;/h2-6,11H,1,8H2;1-4H;;;/q-3;-2;;;+3. The monoisotopic (exact) mass is 463 g/mol.